The van der Waals surface area contributed by atoms with Crippen molar-refractivity contribution < 1.29 is 9.53 Å². The van der Waals surface area contributed by atoms with Gasteiger partial charge in [-0.1, -0.05) is 0 Å². The summed E-state index contributed by atoms with van der Waals surface area (Å²) >= 11 is 2.04. The van der Waals surface area contributed by atoms with Crippen LogP contribution in [-0.4, -0.2) is 77.8 Å². The molecule has 1 rings (SSSR count). The summed E-state index contributed by atoms with van der Waals surface area (Å²) in [6.45, 7) is 17.7. The molecule has 136 valence electrons. The standard InChI is InChI=1S/C17H35N3O2S/c1-16(2,3)20(15(21)22-17(4,5)6)10-8-18-7-9-19-11-13-23-14-12-19/h18H,7-14H2,1-6H3. The molecule has 0 bridgehead atoms. The van der Waals surface area contributed by atoms with E-state index >= 15 is 0 Å². The van der Waals surface area contributed by atoms with Crippen LogP contribution < -0.4 is 5.32 Å². The predicted octanol–water partition coefficient (Wildman–Crippen LogP) is 2.66. The van der Waals surface area contributed by atoms with Crippen LogP contribution in [0.5, 0.6) is 0 Å². The number of carbonyl (C=O) groups excluding carboxylic acids is 1. The third-order valence-electron chi connectivity index (χ3n) is 3.64. The minimum Gasteiger partial charge on any atom is -0.444 e. The highest BCUT2D eigenvalue weighted by Gasteiger charge is 2.30. The second-order valence-electron chi connectivity index (χ2n) is 8.01. The van der Waals surface area contributed by atoms with Gasteiger partial charge in [-0.05, 0) is 41.5 Å². The highest BCUT2D eigenvalue weighted by Crippen LogP contribution is 2.17. The van der Waals surface area contributed by atoms with Crippen molar-refractivity contribution in [1.82, 2.24) is 15.1 Å². The third-order valence-corrected chi connectivity index (χ3v) is 4.59. The van der Waals surface area contributed by atoms with E-state index in [1.54, 1.807) is 0 Å². The van der Waals surface area contributed by atoms with Crippen molar-refractivity contribution in [1.29, 1.82) is 0 Å². The molecule has 1 saturated heterocycles. The summed E-state index contributed by atoms with van der Waals surface area (Å²) < 4.78 is 5.53. The van der Waals surface area contributed by atoms with Gasteiger partial charge in [-0.15, -0.1) is 0 Å². The molecule has 1 fully saturated rings. The van der Waals surface area contributed by atoms with Crippen molar-refractivity contribution >= 4 is 17.9 Å². The van der Waals surface area contributed by atoms with Crippen molar-refractivity contribution in [3.63, 3.8) is 0 Å². The summed E-state index contributed by atoms with van der Waals surface area (Å²) in [7, 11) is 0. The maximum atomic E-state index is 12.4. The van der Waals surface area contributed by atoms with E-state index in [0.29, 0.717) is 6.54 Å². The molecular formula is C17H35N3O2S. The number of hydrogen-bond donors (Lipinski definition) is 1. The molecule has 6 heteroatoms. The Morgan fingerprint density at radius 2 is 1.74 bits per heavy atom. The smallest absolute Gasteiger partial charge is 0.410 e. The van der Waals surface area contributed by atoms with Crippen molar-refractivity contribution in [2.45, 2.75) is 52.7 Å². The van der Waals surface area contributed by atoms with Gasteiger partial charge >= 0.3 is 6.09 Å². The van der Waals surface area contributed by atoms with E-state index in [4.69, 9.17) is 4.74 Å². The fourth-order valence-electron chi connectivity index (χ4n) is 2.40. The van der Waals surface area contributed by atoms with E-state index < -0.39 is 5.60 Å². The van der Waals surface area contributed by atoms with Crippen LogP contribution in [-0.2, 0) is 4.74 Å². The molecule has 0 unspecified atom stereocenters. The molecule has 23 heavy (non-hydrogen) atoms. The van der Waals surface area contributed by atoms with Gasteiger partial charge in [0, 0.05) is 56.3 Å². The highest BCUT2D eigenvalue weighted by molar-refractivity contribution is 7.99. The first-order valence-corrected chi connectivity index (χ1v) is 9.76. The van der Waals surface area contributed by atoms with Crippen molar-refractivity contribution in [2.75, 3.05) is 50.8 Å². The Balaban J connectivity index is 2.32. The van der Waals surface area contributed by atoms with Crippen LogP contribution in [0.15, 0.2) is 0 Å². The van der Waals surface area contributed by atoms with Gasteiger partial charge in [0.25, 0.3) is 0 Å². The normalized spacial score (nSPS) is 17.1. The molecule has 0 atom stereocenters. The first-order chi connectivity index (χ1) is 10.6. The number of ether oxygens (including phenoxy) is 1. The zero-order chi connectivity index (χ0) is 17.5. The van der Waals surface area contributed by atoms with E-state index in [0.717, 1.165) is 19.6 Å². The average Bonchev–Trinajstić information content (AvgIpc) is 2.40. The molecule has 1 N–H and O–H groups in total. The number of carbonyl (C=O) groups is 1. The van der Waals surface area contributed by atoms with Gasteiger partial charge in [0.1, 0.15) is 5.60 Å². The van der Waals surface area contributed by atoms with Crippen LogP contribution in [0, 0.1) is 0 Å². The molecule has 1 amide bonds. The van der Waals surface area contributed by atoms with Crippen LogP contribution in [0.1, 0.15) is 41.5 Å². The fourth-order valence-corrected chi connectivity index (χ4v) is 3.37. The summed E-state index contributed by atoms with van der Waals surface area (Å²) in [6.07, 6.45) is -0.236. The van der Waals surface area contributed by atoms with Crippen LogP contribution in [0.2, 0.25) is 0 Å². The minimum absolute atomic E-state index is 0.236. The van der Waals surface area contributed by atoms with Gasteiger partial charge in [0.2, 0.25) is 0 Å². The molecule has 0 saturated carbocycles. The Morgan fingerprint density at radius 1 is 1.13 bits per heavy atom. The Labute approximate surface area is 146 Å². The number of hydrogen-bond acceptors (Lipinski definition) is 5. The lowest BCUT2D eigenvalue weighted by Crippen LogP contribution is -2.50. The molecule has 5 nitrogen and oxygen atoms in total. The summed E-state index contributed by atoms with van der Waals surface area (Å²) in [4.78, 5) is 16.7. The summed E-state index contributed by atoms with van der Waals surface area (Å²) in [5.74, 6) is 2.49. The monoisotopic (exact) mass is 345 g/mol. The maximum absolute atomic E-state index is 12.4. The van der Waals surface area contributed by atoms with E-state index in [1.807, 2.05) is 58.2 Å². The number of nitrogens with zero attached hydrogens (tertiary/aromatic N) is 2. The molecule has 1 heterocycles. The lowest BCUT2D eigenvalue weighted by molar-refractivity contribution is 0.00663. The number of nitrogens with one attached hydrogen (secondary N) is 1. The molecule has 0 aromatic carbocycles. The number of amides is 1. The van der Waals surface area contributed by atoms with E-state index in [-0.39, 0.29) is 11.6 Å². The number of rotatable bonds is 6. The second-order valence-corrected chi connectivity index (χ2v) is 9.23. The molecule has 0 aromatic heterocycles. The number of thioether (sulfide) groups is 1. The quantitative estimate of drug-likeness (QED) is 0.750. The summed E-state index contributed by atoms with van der Waals surface area (Å²) in [5, 5.41) is 3.46. The molecule has 0 spiro atoms. The Kier molecular flexibility index (Phi) is 8.18. The molecule has 0 radical (unpaired) electrons. The predicted molar refractivity (Wildman–Crippen MR) is 99.3 cm³/mol. The van der Waals surface area contributed by atoms with Crippen molar-refractivity contribution in [2.24, 2.45) is 0 Å². The Morgan fingerprint density at radius 3 is 2.26 bits per heavy atom. The van der Waals surface area contributed by atoms with Crippen molar-refractivity contribution in [3.8, 4) is 0 Å². The van der Waals surface area contributed by atoms with Gasteiger partial charge in [0.15, 0.2) is 0 Å². The van der Waals surface area contributed by atoms with E-state index in [1.165, 1.54) is 24.6 Å². The fraction of sp³-hybridized carbons (Fsp3) is 0.941. The summed E-state index contributed by atoms with van der Waals surface area (Å²) in [5.41, 5.74) is -0.700. The molecule has 0 aromatic rings. The largest absolute Gasteiger partial charge is 0.444 e. The van der Waals surface area contributed by atoms with Gasteiger partial charge in [-0.2, -0.15) is 11.8 Å². The molecule has 0 aliphatic carbocycles. The first-order valence-electron chi connectivity index (χ1n) is 8.61. The third kappa shape index (κ3) is 8.82. The van der Waals surface area contributed by atoms with Gasteiger partial charge in [0.05, 0.1) is 0 Å². The Hall–Kier alpha value is -0.460. The summed E-state index contributed by atoms with van der Waals surface area (Å²) in [6, 6.07) is 0. The maximum Gasteiger partial charge on any atom is 0.410 e. The van der Waals surface area contributed by atoms with Gasteiger partial charge in [-0.25, -0.2) is 4.79 Å². The van der Waals surface area contributed by atoms with E-state index in [9.17, 15) is 4.79 Å². The SMILES string of the molecule is CC(C)(C)OC(=O)N(CCNCCN1CCSCC1)C(C)(C)C. The molecule has 1 aliphatic heterocycles. The van der Waals surface area contributed by atoms with Gasteiger partial charge < -0.3 is 19.9 Å². The average molecular weight is 346 g/mol. The van der Waals surface area contributed by atoms with Crippen molar-refractivity contribution in [3.05, 3.63) is 0 Å². The van der Waals surface area contributed by atoms with Crippen LogP contribution in [0.3, 0.4) is 0 Å². The molecular weight excluding hydrogens is 310 g/mol. The zero-order valence-electron chi connectivity index (χ0n) is 15.8. The van der Waals surface area contributed by atoms with Crippen LogP contribution >= 0.6 is 11.8 Å². The zero-order valence-corrected chi connectivity index (χ0v) is 16.6. The second kappa shape index (κ2) is 9.14. The first kappa shape index (κ1) is 20.6. The van der Waals surface area contributed by atoms with Gasteiger partial charge in [-0.3, -0.25) is 0 Å². The Bertz CT molecular complexity index is 358. The lowest BCUT2D eigenvalue weighted by atomic mass is 10.1. The molecule has 1 aliphatic rings. The minimum atomic E-state index is -0.458. The van der Waals surface area contributed by atoms with E-state index in [2.05, 4.69) is 10.2 Å². The van der Waals surface area contributed by atoms with Crippen LogP contribution in [0.4, 0.5) is 4.79 Å². The lowest BCUT2D eigenvalue weighted by Gasteiger charge is -2.37. The highest BCUT2D eigenvalue weighted by atomic mass is 32.2. The van der Waals surface area contributed by atoms with Crippen LogP contribution in [0.25, 0.3) is 0 Å². The topological polar surface area (TPSA) is 44.8 Å².